The van der Waals surface area contributed by atoms with Crippen LogP contribution in [0.3, 0.4) is 0 Å². The molecular weight excluding hydrogens is 190 g/mol. The smallest absolute Gasteiger partial charge is 0.134 e. The topological polar surface area (TPSA) is 60.2 Å². The minimum absolute atomic E-state index is 0.451. The number of nitrogens with zero attached hydrogens (tertiary/aromatic N) is 3. The van der Waals surface area contributed by atoms with Crippen LogP contribution in [0.15, 0.2) is 18.3 Å². The third-order valence-corrected chi connectivity index (χ3v) is 2.19. The predicted octanol–water partition coefficient (Wildman–Crippen LogP) is 1.48. The van der Waals surface area contributed by atoms with Crippen molar-refractivity contribution < 1.29 is 5.11 Å². The fourth-order valence-corrected chi connectivity index (χ4v) is 1.38. The van der Waals surface area contributed by atoms with Gasteiger partial charge in [-0.1, -0.05) is 6.07 Å². The van der Waals surface area contributed by atoms with E-state index in [9.17, 15) is 5.11 Å². The normalized spacial score (nSPS) is 11.9. The number of aliphatic hydroxyl groups is 1. The van der Waals surface area contributed by atoms with Gasteiger partial charge in [0, 0.05) is 25.4 Å². The number of anilines is 1. The maximum absolute atomic E-state index is 9.55. The standard InChI is InChI=1S/C11H15N3O/c1-9(15)10-5-3-7-13-11(10)14(2)8-4-6-12/h3,5,7,9,15H,4,8H2,1-2H3/t9-/m1/s1. The van der Waals surface area contributed by atoms with Crippen LogP contribution >= 0.6 is 0 Å². The molecule has 1 atom stereocenters. The van der Waals surface area contributed by atoms with Gasteiger partial charge in [-0.25, -0.2) is 4.98 Å². The van der Waals surface area contributed by atoms with E-state index in [-0.39, 0.29) is 0 Å². The van der Waals surface area contributed by atoms with E-state index in [0.29, 0.717) is 13.0 Å². The molecule has 1 aromatic rings. The van der Waals surface area contributed by atoms with Crippen molar-refractivity contribution in [3.63, 3.8) is 0 Å². The summed E-state index contributed by atoms with van der Waals surface area (Å²) in [5.74, 6) is 0.739. The van der Waals surface area contributed by atoms with Gasteiger partial charge in [0.2, 0.25) is 0 Å². The van der Waals surface area contributed by atoms with E-state index in [0.717, 1.165) is 11.4 Å². The number of nitriles is 1. The fraction of sp³-hybridized carbons (Fsp3) is 0.455. The van der Waals surface area contributed by atoms with E-state index in [2.05, 4.69) is 11.1 Å². The van der Waals surface area contributed by atoms with Crippen molar-refractivity contribution in [3.05, 3.63) is 23.9 Å². The van der Waals surface area contributed by atoms with E-state index in [1.54, 1.807) is 19.2 Å². The van der Waals surface area contributed by atoms with Gasteiger partial charge < -0.3 is 10.0 Å². The second kappa shape index (κ2) is 5.32. The lowest BCUT2D eigenvalue weighted by atomic mass is 10.1. The molecule has 0 saturated heterocycles. The quantitative estimate of drug-likeness (QED) is 0.808. The first kappa shape index (κ1) is 11.5. The van der Waals surface area contributed by atoms with Crippen molar-refractivity contribution in [2.75, 3.05) is 18.5 Å². The van der Waals surface area contributed by atoms with Crippen molar-refractivity contribution in [2.45, 2.75) is 19.4 Å². The average molecular weight is 205 g/mol. The zero-order chi connectivity index (χ0) is 11.3. The summed E-state index contributed by atoms with van der Waals surface area (Å²) in [7, 11) is 1.87. The zero-order valence-electron chi connectivity index (χ0n) is 9.01. The minimum Gasteiger partial charge on any atom is -0.389 e. The molecule has 0 spiro atoms. The first-order valence-electron chi connectivity index (χ1n) is 4.88. The SMILES string of the molecule is C[C@@H](O)c1cccnc1N(C)CCC#N. The highest BCUT2D eigenvalue weighted by molar-refractivity contribution is 5.47. The summed E-state index contributed by atoms with van der Waals surface area (Å²) in [6, 6.07) is 5.72. The van der Waals surface area contributed by atoms with E-state index >= 15 is 0 Å². The first-order valence-corrected chi connectivity index (χ1v) is 4.88. The number of hydrogen-bond acceptors (Lipinski definition) is 4. The Balaban J connectivity index is 2.88. The Morgan fingerprint density at radius 1 is 1.67 bits per heavy atom. The molecule has 0 fully saturated rings. The van der Waals surface area contributed by atoms with Crippen molar-refractivity contribution >= 4 is 5.82 Å². The Morgan fingerprint density at radius 2 is 2.40 bits per heavy atom. The second-order valence-electron chi connectivity index (χ2n) is 3.42. The molecule has 15 heavy (non-hydrogen) atoms. The van der Waals surface area contributed by atoms with E-state index < -0.39 is 6.10 Å². The molecule has 0 aliphatic heterocycles. The molecular formula is C11H15N3O. The molecule has 1 rings (SSSR count). The molecule has 0 aliphatic carbocycles. The number of pyridine rings is 1. The van der Waals surface area contributed by atoms with Crippen molar-refractivity contribution in [1.29, 1.82) is 5.26 Å². The maximum atomic E-state index is 9.55. The summed E-state index contributed by atoms with van der Waals surface area (Å²) in [5, 5.41) is 18.0. The van der Waals surface area contributed by atoms with Crippen LogP contribution in [0.4, 0.5) is 5.82 Å². The number of aromatic nitrogens is 1. The van der Waals surface area contributed by atoms with Crippen LogP contribution in [0, 0.1) is 11.3 Å². The molecule has 0 aromatic carbocycles. The summed E-state index contributed by atoms with van der Waals surface area (Å²) >= 11 is 0. The zero-order valence-corrected chi connectivity index (χ0v) is 9.01. The van der Waals surface area contributed by atoms with Gasteiger partial charge in [-0.3, -0.25) is 0 Å². The Hall–Kier alpha value is -1.60. The summed E-state index contributed by atoms with van der Waals surface area (Å²) < 4.78 is 0. The predicted molar refractivity (Wildman–Crippen MR) is 58.4 cm³/mol. The molecule has 0 bridgehead atoms. The molecule has 1 N–H and O–H groups in total. The lowest BCUT2D eigenvalue weighted by molar-refractivity contribution is 0.199. The highest BCUT2D eigenvalue weighted by atomic mass is 16.3. The molecule has 1 aromatic heterocycles. The molecule has 0 saturated carbocycles. The average Bonchev–Trinajstić information content (AvgIpc) is 2.25. The molecule has 0 unspecified atom stereocenters. The number of rotatable bonds is 4. The van der Waals surface area contributed by atoms with Gasteiger partial charge in [-0.05, 0) is 13.0 Å². The largest absolute Gasteiger partial charge is 0.389 e. The Morgan fingerprint density at radius 3 is 3.00 bits per heavy atom. The van der Waals surface area contributed by atoms with Crippen LogP contribution in [-0.4, -0.2) is 23.7 Å². The maximum Gasteiger partial charge on any atom is 0.134 e. The third-order valence-electron chi connectivity index (χ3n) is 2.19. The molecule has 0 aliphatic rings. The molecule has 0 amide bonds. The second-order valence-corrected chi connectivity index (χ2v) is 3.42. The van der Waals surface area contributed by atoms with Crippen LogP contribution in [0.2, 0.25) is 0 Å². The van der Waals surface area contributed by atoms with Crippen molar-refractivity contribution in [3.8, 4) is 6.07 Å². The van der Waals surface area contributed by atoms with E-state index in [1.165, 1.54) is 0 Å². The van der Waals surface area contributed by atoms with Gasteiger partial charge in [-0.2, -0.15) is 5.26 Å². The summed E-state index contributed by atoms with van der Waals surface area (Å²) in [5.41, 5.74) is 0.790. The molecule has 80 valence electrons. The monoisotopic (exact) mass is 205 g/mol. The molecule has 0 radical (unpaired) electrons. The van der Waals surface area contributed by atoms with E-state index in [4.69, 9.17) is 5.26 Å². The third kappa shape index (κ3) is 2.93. The van der Waals surface area contributed by atoms with Crippen LogP contribution in [0.1, 0.15) is 25.0 Å². The summed E-state index contributed by atoms with van der Waals surface area (Å²) in [6.07, 6.45) is 1.59. The van der Waals surface area contributed by atoms with Gasteiger partial charge in [0.1, 0.15) is 5.82 Å². The lowest BCUT2D eigenvalue weighted by Gasteiger charge is -2.20. The first-order chi connectivity index (χ1) is 7.16. The van der Waals surface area contributed by atoms with Crippen LogP contribution < -0.4 is 4.90 Å². The minimum atomic E-state index is -0.543. The van der Waals surface area contributed by atoms with Gasteiger partial charge in [0.15, 0.2) is 0 Å². The summed E-state index contributed by atoms with van der Waals surface area (Å²) in [4.78, 5) is 6.09. The van der Waals surface area contributed by atoms with Crippen LogP contribution in [0.5, 0.6) is 0 Å². The van der Waals surface area contributed by atoms with Gasteiger partial charge in [-0.15, -0.1) is 0 Å². The molecule has 1 heterocycles. The van der Waals surface area contributed by atoms with Crippen molar-refractivity contribution in [2.24, 2.45) is 0 Å². The Labute approximate surface area is 89.8 Å². The van der Waals surface area contributed by atoms with E-state index in [1.807, 2.05) is 18.0 Å². The lowest BCUT2D eigenvalue weighted by Crippen LogP contribution is -2.21. The fourth-order valence-electron chi connectivity index (χ4n) is 1.38. The van der Waals surface area contributed by atoms with Crippen LogP contribution in [0.25, 0.3) is 0 Å². The highest BCUT2D eigenvalue weighted by Gasteiger charge is 2.11. The molecule has 4 nitrogen and oxygen atoms in total. The van der Waals surface area contributed by atoms with Crippen LogP contribution in [-0.2, 0) is 0 Å². The van der Waals surface area contributed by atoms with Crippen molar-refractivity contribution in [1.82, 2.24) is 4.98 Å². The highest BCUT2D eigenvalue weighted by Crippen LogP contribution is 2.22. The number of hydrogen-bond donors (Lipinski definition) is 1. The van der Waals surface area contributed by atoms with Gasteiger partial charge in [0.25, 0.3) is 0 Å². The van der Waals surface area contributed by atoms with Gasteiger partial charge in [0.05, 0.1) is 18.6 Å². The Bertz CT molecular complexity index is 357. The summed E-state index contributed by atoms with van der Waals surface area (Å²) in [6.45, 7) is 2.33. The Kier molecular flexibility index (Phi) is 4.07. The molecule has 4 heteroatoms. The number of aliphatic hydroxyl groups excluding tert-OH is 1. The van der Waals surface area contributed by atoms with Gasteiger partial charge >= 0.3 is 0 Å².